The predicted octanol–water partition coefficient (Wildman–Crippen LogP) is 4.00. The summed E-state index contributed by atoms with van der Waals surface area (Å²) in [7, 11) is 0. The van der Waals surface area contributed by atoms with Crippen molar-refractivity contribution in [2.75, 3.05) is 5.32 Å². The number of carboxylic acids is 1. The zero-order valence-corrected chi connectivity index (χ0v) is 11.7. The van der Waals surface area contributed by atoms with E-state index in [1.165, 1.54) is 18.2 Å². The Morgan fingerprint density at radius 1 is 1.24 bits per heavy atom. The average Bonchev–Trinajstić information content (AvgIpc) is 2.43. The fourth-order valence-electron chi connectivity index (χ4n) is 1.90. The molecule has 2 aromatic rings. The number of hydrogen-bond donors (Lipinski definition) is 2. The summed E-state index contributed by atoms with van der Waals surface area (Å²) in [5.41, 5.74) is 0.543. The van der Waals surface area contributed by atoms with Crippen LogP contribution in [0.4, 0.5) is 17.1 Å². The number of benzene rings is 2. The molecule has 0 radical (unpaired) electrons. The molecule has 21 heavy (non-hydrogen) atoms. The van der Waals surface area contributed by atoms with E-state index in [0.29, 0.717) is 16.3 Å². The molecular weight excluding hydrogens is 296 g/mol. The quantitative estimate of drug-likeness (QED) is 0.658. The van der Waals surface area contributed by atoms with Crippen LogP contribution in [0.1, 0.15) is 15.9 Å². The summed E-state index contributed by atoms with van der Waals surface area (Å²) in [4.78, 5) is 21.5. The molecule has 2 N–H and O–H groups in total. The standard InChI is InChI=1S/C14H11ClN2O4/c1-8-10(15)5-3-6-11(8)16-12-7-2-4-9(14(18)19)13(12)17(20)21/h2-7,16H,1H3,(H,18,19). The Bertz CT molecular complexity index is 731. The number of rotatable bonds is 4. The lowest BCUT2D eigenvalue weighted by molar-refractivity contribution is -0.384. The molecule has 0 bridgehead atoms. The Hall–Kier alpha value is -2.60. The molecule has 0 heterocycles. The Labute approximate surface area is 125 Å². The highest BCUT2D eigenvalue weighted by Crippen LogP contribution is 2.33. The van der Waals surface area contributed by atoms with Gasteiger partial charge in [-0.25, -0.2) is 4.79 Å². The molecule has 0 saturated heterocycles. The van der Waals surface area contributed by atoms with Crippen molar-refractivity contribution in [2.45, 2.75) is 6.92 Å². The molecule has 0 aliphatic rings. The topological polar surface area (TPSA) is 92.5 Å². The van der Waals surface area contributed by atoms with Crippen molar-refractivity contribution in [1.82, 2.24) is 0 Å². The molecule has 0 saturated carbocycles. The van der Waals surface area contributed by atoms with Crippen LogP contribution in [0.25, 0.3) is 0 Å². The summed E-state index contributed by atoms with van der Waals surface area (Å²) in [6.07, 6.45) is 0. The van der Waals surface area contributed by atoms with E-state index in [4.69, 9.17) is 16.7 Å². The number of nitro groups is 1. The van der Waals surface area contributed by atoms with Gasteiger partial charge in [-0.2, -0.15) is 0 Å². The summed E-state index contributed by atoms with van der Waals surface area (Å²) >= 11 is 6.00. The highest BCUT2D eigenvalue weighted by atomic mass is 35.5. The molecule has 7 heteroatoms. The number of carboxylic acid groups (broad SMARTS) is 1. The predicted molar refractivity (Wildman–Crippen MR) is 79.5 cm³/mol. The molecule has 108 valence electrons. The minimum atomic E-state index is -1.35. The van der Waals surface area contributed by atoms with Crippen molar-refractivity contribution < 1.29 is 14.8 Å². The first-order chi connectivity index (χ1) is 9.91. The molecule has 0 aromatic heterocycles. The summed E-state index contributed by atoms with van der Waals surface area (Å²) in [6.45, 7) is 1.76. The molecule has 2 rings (SSSR count). The first-order valence-electron chi connectivity index (χ1n) is 5.94. The van der Waals surface area contributed by atoms with E-state index in [1.807, 2.05) is 0 Å². The van der Waals surface area contributed by atoms with Crippen LogP contribution < -0.4 is 5.32 Å². The molecule has 0 amide bonds. The molecule has 0 fully saturated rings. The van der Waals surface area contributed by atoms with E-state index in [2.05, 4.69) is 5.32 Å². The van der Waals surface area contributed by atoms with Gasteiger partial charge in [0.25, 0.3) is 0 Å². The highest BCUT2D eigenvalue weighted by Gasteiger charge is 2.24. The molecule has 0 atom stereocenters. The Balaban J connectivity index is 2.54. The second-order valence-electron chi connectivity index (χ2n) is 4.30. The van der Waals surface area contributed by atoms with Gasteiger partial charge in [0.2, 0.25) is 0 Å². The Morgan fingerprint density at radius 2 is 1.86 bits per heavy atom. The van der Waals surface area contributed by atoms with Gasteiger partial charge in [0.05, 0.1) is 4.92 Å². The second-order valence-corrected chi connectivity index (χ2v) is 4.71. The third kappa shape index (κ3) is 2.95. The van der Waals surface area contributed by atoms with Gasteiger partial charge in [-0.3, -0.25) is 10.1 Å². The molecule has 0 unspecified atom stereocenters. The summed E-state index contributed by atoms with van der Waals surface area (Å²) in [6, 6.07) is 9.19. The van der Waals surface area contributed by atoms with E-state index in [0.717, 1.165) is 0 Å². The maximum absolute atomic E-state index is 11.2. The average molecular weight is 307 g/mol. The first kappa shape index (κ1) is 14.8. The second kappa shape index (κ2) is 5.80. The zero-order chi connectivity index (χ0) is 15.6. The summed E-state index contributed by atoms with van der Waals surface area (Å²) in [5.74, 6) is -1.35. The number of nitrogens with zero attached hydrogens (tertiary/aromatic N) is 1. The van der Waals surface area contributed by atoms with Crippen LogP contribution >= 0.6 is 11.6 Å². The van der Waals surface area contributed by atoms with Crippen LogP contribution in [0.3, 0.4) is 0 Å². The highest BCUT2D eigenvalue weighted by molar-refractivity contribution is 6.31. The van der Waals surface area contributed by atoms with Gasteiger partial charge < -0.3 is 10.4 Å². The summed E-state index contributed by atoms with van der Waals surface area (Å²) in [5, 5.41) is 23.6. The first-order valence-corrected chi connectivity index (χ1v) is 6.32. The molecule has 0 aliphatic heterocycles. The smallest absolute Gasteiger partial charge is 0.342 e. The fourth-order valence-corrected chi connectivity index (χ4v) is 2.08. The van der Waals surface area contributed by atoms with Crippen molar-refractivity contribution in [1.29, 1.82) is 0 Å². The zero-order valence-electron chi connectivity index (χ0n) is 11.0. The third-order valence-corrected chi connectivity index (χ3v) is 3.40. The van der Waals surface area contributed by atoms with E-state index < -0.39 is 16.6 Å². The van der Waals surface area contributed by atoms with Gasteiger partial charge in [0.15, 0.2) is 0 Å². The van der Waals surface area contributed by atoms with E-state index in [9.17, 15) is 14.9 Å². The lowest BCUT2D eigenvalue weighted by Gasteiger charge is -2.11. The van der Waals surface area contributed by atoms with Crippen molar-refractivity contribution in [3.8, 4) is 0 Å². The lowest BCUT2D eigenvalue weighted by Crippen LogP contribution is -2.06. The SMILES string of the molecule is Cc1c(Cl)cccc1Nc1cccc(C(=O)O)c1[N+](=O)[O-]. The van der Waals surface area contributed by atoms with E-state index in [-0.39, 0.29) is 11.3 Å². The number of nitrogens with one attached hydrogen (secondary N) is 1. The van der Waals surface area contributed by atoms with Crippen LogP contribution in [0.5, 0.6) is 0 Å². The third-order valence-electron chi connectivity index (χ3n) is 2.99. The maximum Gasteiger partial charge on any atom is 0.342 e. The molecular formula is C14H11ClN2O4. The minimum absolute atomic E-state index is 0.102. The van der Waals surface area contributed by atoms with Crippen molar-refractivity contribution in [2.24, 2.45) is 0 Å². The lowest BCUT2D eigenvalue weighted by atomic mass is 10.1. The normalized spacial score (nSPS) is 10.2. The van der Waals surface area contributed by atoms with Crippen molar-refractivity contribution in [3.63, 3.8) is 0 Å². The van der Waals surface area contributed by atoms with Crippen LogP contribution in [0.15, 0.2) is 36.4 Å². The number of hydrogen-bond acceptors (Lipinski definition) is 4. The minimum Gasteiger partial charge on any atom is -0.477 e. The van der Waals surface area contributed by atoms with Crippen LogP contribution in [-0.2, 0) is 0 Å². The van der Waals surface area contributed by atoms with Crippen LogP contribution in [0.2, 0.25) is 5.02 Å². The molecule has 0 spiro atoms. The Kier molecular flexibility index (Phi) is 4.09. The number of carbonyl (C=O) groups is 1. The maximum atomic E-state index is 11.2. The number of para-hydroxylation sites is 1. The van der Waals surface area contributed by atoms with E-state index >= 15 is 0 Å². The monoisotopic (exact) mass is 306 g/mol. The van der Waals surface area contributed by atoms with Gasteiger partial charge in [-0.1, -0.05) is 23.7 Å². The van der Waals surface area contributed by atoms with Gasteiger partial charge in [-0.05, 0) is 36.8 Å². The number of anilines is 2. The molecule has 6 nitrogen and oxygen atoms in total. The number of halogens is 1. The van der Waals surface area contributed by atoms with Gasteiger partial charge >= 0.3 is 11.7 Å². The Morgan fingerprint density at radius 3 is 2.48 bits per heavy atom. The number of aromatic carboxylic acids is 1. The van der Waals surface area contributed by atoms with Crippen molar-refractivity contribution in [3.05, 3.63) is 62.7 Å². The number of nitro benzene ring substituents is 1. The van der Waals surface area contributed by atoms with Crippen LogP contribution in [0, 0.1) is 17.0 Å². The largest absolute Gasteiger partial charge is 0.477 e. The van der Waals surface area contributed by atoms with Crippen LogP contribution in [-0.4, -0.2) is 16.0 Å². The molecule has 2 aromatic carbocycles. The fraction of sp³-hybridized carbons (Fsp3) is 0.0714. The van der Waals surface area contributed by atoms with Crippen molar-refractivity contribution >= 4 is 34.6 Å². The summed E-state index contributed by atoms with van der Waals surface area (Å²) < 4.78 is 0. The van der Waals surface area contributed by atoms with Gasteiger partial charge in [0.1, 0.15) is 11.3 Å². The van der Waals surface area contributed by atoms with Gasteiger partial charge in [0, 0.05) is 10.7 Å². The van der Waals surface area contributed by atoms with Gasteiger partial charge in [-0.15, -0.1) is 0 Å². The van der Waals surface area contributed by atoms with E-state index in [1.54, 1.807) is 25.1 Å². The molecule has 0 aliphatic carbocycles.